The van der Waals surface area contributed by atoms with Gasteiger partial charge in [-0.25, -0.2) is 9.78 Å². The standard InChI is InChI=1S/C11H9BrClNO2S2/c1-3-16-11(15)8-5(2)17-10(14-8)7-4-6(12)9(13)18-7/h4H,3H2,1-2H3. The minimum Gasteiger partial charge on any atom is -0.461 e. The van der Waals surface area contributed by atoms with Crippen LogP contribution in [-0.2, 0) is 4.74 Å². The van der Waals surface area contributed by atoms with E-state index in [1.165, 1.54) is 22.7 Å². The first-order valence-electron chi connectivity index (χ1n) is 5.12. The number of nitrogens with zero attached hydrogens (tertiary/aromatic N) is 1. The van der Waals surface area contributed by atoms with E-state index in [0.29, 0.717) is 16.6 Å². The van der Waals surface area contributed by atoms with Crippen LogP contribution in [0.4, 0.5) is 0 Å². The monoisotopic (exact) mass is 365 g/mol. The van der Waals surface area contributed by atoms with Crippen LogP contribution in [0.3, 0.4) is 0 Å². The Morgan fingerprint density at radius 3 is 2.83 bits per heavy atom. The number of thiophene rings is 1. The van der Waals surface area contributed by atoms with Crippen LogP contribution in [-0.4, -0.2) is 17.6 Å². The molecule has 96 valence electrons. The zero-order valence-corrected chi connectivity index (χ0v) is 13.6. The molecular formula is C11H9BrClNO2S2. The van der Waals surface area contributed by atoms with Crippen molar-refractivity contribution in [3.8, 4) is 9.88 Å². The predicted molar refractivity (Wildman–Crippen MR) is 78.8 cm³/mol. The molecule has 0 aromatic carbocycles. The van der Waals surface area contributed by atoms with Crippen molar-refractivity contribution in [1.29, 1.82) is 0 Å². The first-order valence-corrected chi connectivity index (χ1v) is 7.93. The summed E-state index contributed by atoms with van der Waals surface area (Å²) in [6, 6.07) is 1.90. The molecule has 0 spiro atoms. The number of aryl methyl sites for hydroxylation is 1. The fourth-order valence-corrected chi connectivity index (χ4v) is 3.99. The van der Waals surface area contributed by atoms with Crippen molar-refractivity contribution in [3.63, 3.8) is 0 Å². The van der Waals surface area contributed by atoms with Crippen molar-refractivity contribution in [2.45, 2.75) is 13.8 Å². The fourth-order valence-electron chi connectivity index (χ4n) is 1.34. The Balaban J connectivity index is 2.36. The molecule has 0 atom stereocenters. The third-order valence-corrected chi connectivity index (χ3v) is 5.74. The van der Waals surface area contributed by atoms with Crippen molar-refractivity contribution in [2.24, 2.45) is 0 Å². The van der Waals surface area contributed by atoms with Gasteiger partial charge < -0.3 is 4.74 Å². The summed E-state index contributed by atoms with van der Waals surface area (Å²) in [5.41, 5.74) is 0.387. The summed E-state index contributed by atoms with van der Waals surface area (Å²) in [5, 5.41) is 0.785. The van der Waals surface area contributed by atoms with Crippen LogP contribution in [0.5, 0.6) is 0 Å². The van der Waals surface area contributed by atoms with E-state index in [1.807, 2.05) is 13.0 Å². The van der Waals surface area contributed by atoms with Crippen LogP contribution in [0, 0.1) is 6.92 Å². The number of carbonyl (C=O) groups excluding carboxylic acids is 1. The normalized spacial score (nSPS) is 10.7. The minimum absolute atomic E-state index is 0.349. The molecule has 7 heteroatoms. The number of halogens is 2. The number of hydrogen-bond acceptors (Lipinski definition) is 5. The Labute approximate surface area is 126 Å². The molecule has 0 N–H and O–H groups in total. The second kappa shape index (κ2) is 5.69. The maximum atomic E-state index is 11.7. The number of esters is 1. The SMILES string of the molecule is CCOC(=O)c1nc(-c2cc(Br)c(Cl)s2)sc1C. The minimum atomic E-state index is -0.376. The fraction of sp³-hybridized carbons (Fsp3) is 0.273. The highest BCUT2D eigenvalue weighted by atomic mass is 79.9. The lowest BCUT2D eigenvalue weighted by Crippen LogP contribution is -2.06. The molecule has 0 bridgehead atoms. The Hall–Kier alpha value is -0.430. The number of ether oxygens (including phenoxy) is 1. The van der Waals surface area contributed by atoms with Crippen LogP contribution in [0.1, 0.15) is 22.3 Å². The average Bonchev–Trinajstić information content (AvgIpc) is 2.84. The van der Waals surface area contributed by atoms with E-state index in [9.17, 15) is 4.79 Å². The van der Waals surface area contributed by atoms with Crippen molar-refractivity contribution in [1.82, 2.24) is 4.98 Å². The summed E-state index contributed by atoms with van der Waals surface area (Å²) in [5.74, 6) is -0.376. The Morgan fingerprint density at radius 2 is 2.28 bits per heavy atom. The predicted octanol–water partition coefficient (Wildman–Crippen LogP) is 4.77. The molecule has 3 nitrogen and oxygen atoms in total. The molecule has 0 amide bonds. The molecule has 0 aliphatic rings. The van der Waals surface area contributed by atoms with Gasteiger partial charge in [-0.15, -0.1) is 22.7 Å². The van der Waals surface area contributed by atoms with Gasteiger partial charge in [0.1, 0.15) is 9.34 Å². The van der Waals surface area contributed by atoms with Crippen LogP contribution in [0.15, 0.2) is 10.5 Å². The second-order valence-corrected chi connectivity index (χ2v) is 7.09. The van der Waals surface area contributed by atoms with Gasteiger partial charge in [-0.1, -0.05) is 11.6 Å². The molecule has 0 saturated carbocycles. The molecule has 0 saturated heterocycles. The molecule has 0 radical (unpaired) electrons. The van der Waals surface area contributed by atoms with Crippen molar-refractivity contribution in [2.75, 3.05) is 6.61 Å². The van der Waals surface area contributed by atoms with Gasteiger partial charge in [0.2, 0.25) is 0 Å². The Morgan fingerprint density at radius 1 is 1.56 bits per heavy atom. The van der Waals surface area contributed by atoms with Crippen LogP contribution in [0.25, 0.3) is 9.88 Å². The highest BCUT2D eigenvalue weighted by Crippen LogP contribution is 2.40. The largest absolute Gasteiger partial charge is 0.461 e. The van der Waals surface area contributed by atoms with E-state index in [-0.39, 0.29) is 5.97 Å². The lowest BCUT2D eigenvalue weighted by atomic mass is 10.4. The van der Waals surface area contributed by atoms with Crippen molar-refractivity contribution >= 4 is 56.2 Å². The first-order chi connectivity index (χ1) is 8.52. The van der Waals surface area contributed by atoms with Gasteiger partial charge in [0.25, 0.3) is 0 Å². The Kier molecular flexibility index (Phi) is 4.42. The summed E-state index contributed by atoms with van der Waals surface area (Å²) in [6.07, 6.45) is 0. The van der Waals surface area contributed by atoms with Crippen molar-refractivity contribution < 1.29 is 9.53 Å². The zero-order chi connectivity index (χ0) is 13.3. The third kappa shape index (κ3) is 2.77. The molecule has 2 aromatic rings. The average molecular weight is 367 g/mol. The van der Waals surface area contributed by atoms with Gasteiger partial charge in [0.15, 0.2) is 5.69 Å². The summed E-state index contributed by atoms with van der Waals surface area (Å²) < 4.78 is 6.48. The highest BCUT2D eigenvalue weighted by Gasteiger charge is 2.18. The summed E-state index contributed by atoms with van der Waals surface area (Å²) in [6.45, 7) is 3.98. The van der Waals surface area contributed by atoms with Gasteiger partial charge in [0, 0.05) is 9.35 Å². The van der Waals surface area contributed by atoms with Gasteiger partial charge in [-0.3, -0.25) is 0 Å². The summed E-state index contributed by atoms with van der Waals surface area (Å²) in [4.78, 5) is 17.8. The topological polar surface area (TPSA) is 39.2 Å². The molecule has 2 heterocycles. The van der Waals surface area contributed by atoms with Crippen molar-refractivity contribution in [3.05, 3.63) is 25.4 Å². The zero-order valence-electron chi connectivity index (χ0n) is 9.62. The van der Waals surface area contributed by atoms with E-state index in [2.05, 4.69) is 20.9 Å². The van der Waals surface area contributed by atoms with Gasteiger partial charge in [0.05, 0.1) is 11.5 Å². The van der Waals surface area contributed by atoms with E-state index in [1.54, 1.807) is 6.92 Å². The number of rotatable bonds is 3. The molecule has 2 rings (SSSR count). The lowest BCUT2D eigenvalue weighted by Gasteiger charge is -1.97. The molecule has 2 aromatic heterocycles. The van der Waals surface area contributed by atoms with E-state index in [0.717, 1.165) is 19.2 Å². The number of thiazole rings is 1. The Bertz CT molecular complexity index is 574. The molecule has 0 fully saturated rings. The number of carbonyl (C=O) groups is 1. The molecule has 18 heavy (non-hydrogen) atoms. The van der Waals surface area contributed by atoms with Gasteiger partial charge in [-0.05, 0) is 35.8 Å². The van der Waals surface area contributed by atoms with Crippen LogP contribution in [0.2, 0.25) is 4.34 Å². The number of aromatic nitrogens is 1. The second-order valence-electron chi connectivity index (χ2n) is 3.38. The van der Waals surface area contributed by atoms with Gasteiger partial charge >= 0.3 is 5.97 Å². The lowest BCUT2D eigenvalue weighted by molar-refractivity contribution is 0.0519. The van der Waals surface area contributed by atoms with Crippen LogP contribution >= 0.6 is 50.2 Å². The molecule has 0 aliphatic heterocycles. The smallest absolute Gasteiger partial charge is 0.358 e. The van der Waals surface area contributed by atoms with Crippen LogP contribution < -0.4 is 0 Å². The number of hydrogen-bond donors (Lipinski definition) is 0. The third-order valence-electron chi connectivity index (χ3n) is 2.12. The maximum absolute atomic E-state index is 11.7. The first kappa shape index (κ1) is 14.0. The van der Waals surface area contributed by atoms with Gasteiger partial charge in [-0.2, -0.15) is 0 Å². The van der Waals surface area contributed by atoms with E-state index < -0.39 is 0 Å². The summed E-state index contributed by atoms with van der Waals surface area (Å²) in [7, 11) is 0. The quantitative estimate of drug-likeness (QED) is 0.734. The highest BCUT2D eigenvalue weighted by molar-refractivity contribution is 9.10. The van der Waals surface area contributed by atoms with E-state index in [4.69, 9.17) is 16.3 Å². The summed E-state index contributed by atoms with van der Waals surface area (Å²) >= 11 is 12.2. The molecule has 0 unspecified atom stereocenters. The molecular weight excluding hydrogens is 358 g/mol. The maximum Gasteiger partial charge on any atom is 0.358 e. The van der Waals surface area contributed by atoms with E-state index >= 15 is 0 Å². The molecule has 0 aliphatic carbocycles.